The van der Waals surface area contributed by atoms with E-state index < -0.39 is 10.0 Å². The highest BCUT2D eigenvalue weighted by Gasteiger charge is 2.15. The first-order valence-corrected chi connectivity index (χ1v) is 6.27. The van der Waals surface area contributed by atoms with Crippen molar-refractivity contribution in [3.63, 3.8) is 0 Å². The highest BCUT2D eigenvalue weighted by molar-refractivity contribution is 7.92. The third-order valence-electron chi connectivity index (χ3n) is 2.04. The van der Waals surface area contributed by atoms with Gasteiger partial charge >= 0.3 is 0 Å². The van der Waals surface area contributed by atoms with Gasteiger partial charge in [0.15, 0.2) is 5.82 Å². The maximum Gasteiger partial charge on any atom is 0.263 e. The number of aromatic nitrogens is 1. The van der Waals surface area contributed by atoms with Gasteiger partial charge in [0.1, 0.15) is 5.76 Å². The summed E-state index contributed by atoms with van der Waals surface area (Å²) in [7, 11) is -3.67. The molecule has 0 atom stereocenters. The van der Waals surface area contributed by atoms with Crippen molar-refractivity contribution >= 4 is 15.8 Å². The molecule has 0 fully saturated rings. The molecule has 0 aliphatic rings. The Morgan fingerprint density at radius 3 is 2.71 bits per heavy atom. The van der Waals surface area contributed by atoms with E-state index in [1.165, 1.54) is 18.2 Å². The number of hydrogen-bond acceptors (Lipinski definition) is 4. The Labute approximate surface area is 99.5 Å². The van der Waals surface area contributed by atoms with Crippen molar-refractivity contribution < 1.29 is 12.9 Å². The summed E-state index contributed by atoms with van der Waals surface area (Å²) < 4.78 is 30.9. The van der Waals surface area contributed by atoms with E-state index in [1.807, 2.05) is 0 Å². The zero-order valence-corrected chi connectivity index (χ0v) is 9.86. The molecule has 6 heteroatoms. The van der Waals surface area contributed by atoms with E-state index in [4.69, 9.17) is 11.4 Å². The molecule has 0 unspecified atom stereocenters. The summed E-state index contributed by atoms with van der Waals surface area (Å²) in [5.74, 6) is 0.667. The smallest absolute Gasteiger partial charge is 0.263 e. The minimum absolute atomic E-state index is 0.0816. The average Bonchev–Trinajstić information content (AvgIpc) is 2.63. The molecule has 0 spiro atoms. The third kappa shape index (κ3) is 2.65. The molecule has 1 aromatic carbocycles. The van der Waals surface area contributed by atoms with Gasteiger partial charge in [-0.1, -0.05) is 17.3 Å². The van der Waals surface area contributed by atoms with Gasteiger partial charge in [0.2, 0.25) is 0 Å². The molecule has 0 aliphatic heterocycles. The Morgan fingerprint density at radius 1 is 1.35 bits per heavy atom. The first-order chi connectivity index (χ1) is 7.97. The van der Waals surface area contributed by atoms with Crippen LogP contribution in [0, 0.1) is 13.8 Å². The highest BCUT2D eigenvalue weighted by atomic mass is 32.2. The molecule has 88 valence electrons. The maximum atomic E-state index is 11.9. The van der Waals surface area contributed by atoms with Crippen molar-refractivity contribution in [3.05, 3.63) is 48.6 Å². The number of nitrogens with zero attached hydrogens (tertiary/aromatic N) is 1. The first kappa shape index (κ1) is 11.7. The zero-order chi connectivity index (χ0) is 12.5. The predicted octanol–water partition coefficient (Wildman–Crippen LogP) is 1.84. The van der Waals surface area contributed by atoms with Crippen molar-refractivity contribution in [2.24, 2.45) is 0 Å². The van der Waals surface area contributed by atoms with Crippen LogP contribution in [0.5, 0.6) is 0 Å². The fraction of sp³-hybridized carbons (Fsp3) is 0.0909. The molecule has 2 radical (unpaired) electrons. The molecule has 17 heavy (non-hydrogen) atoms. The molecule has 2 rings (SSSR count). The Morgan fingerprint density at radius 2 is 2.12 bits per heavy atom. The number of anilines is 1. The lowest BCUT2D eigenvalue weighted by atomic mass is 10.2. The second kappa shape index (κ2) is 4.21. The summed E-state index contributed by atoms with van der Waals surface area (Å²) in [6.45, 7) is 7.20. The molecular weight excluding hydrogens is 240 g/mol. The lowest BCUT2D eigenvalue weighted by Gasteiger charge is -2.05. The van der Waals surface area contributed by atoms with Crippen LogP contribution < -0.4 is 4.72 Å². The molecule has 1 heterocycles. The number of nitrogens with one attached hydrogen (secondary N) is 1. The van der Waals surface area contributed by atoms with Crippen LogP contribution in [0.3, 0.4) is 0 Å². The van der Waals surface area contributed by atoms with E-state index in [9.17, 15) is 8.42 Å². The van der Waals surface area contributed by atoms with Gasteiger partial charge in [0, 0.05) is 6.07 Å². The standard InChI is InChI=1S/C11H10N2O3S/c1-8-4-3-5-10(6-8)17(14,15)13-11-7-9(2)16-12-11/h1,3-7H,2H3,(H,12,13). The molecule has 0 amide bonds. The van der Waals surface area contributed by atoms with E-state index in [0.29, 0.717) is 11.3 Å². The largest absolute Gasteiger partial charge is 0.360 e. The topological polar surface area (TPSA) is 72.2 Å². The van der Waals surface area contributed by atoms with E-state index in [2.05, 4.69) is 9.88 Å². The fourth-order valence-electron chi connectivity index (χ4n) is 1.29. The summed E-state index contributed by atoms with van der Waals surface area (Å²) >= 11 is 0. The van der Waals surface area contributed by atoms with Gasteiger partial charge in [0.05, 0.1) is 4.90 Å². The molecule has 1 aromatic heterocycles. The molecule has 0 bridgehead atoms. The van der Waals surface area contributed by atoms with Gasteiger partial charge in [-0.3, -0.25) is 4.72 Å². The van der Waals surface area contributed by atoms with Gasteiger partial charge in [-0.05, 0) is 31.5 Å². The van der Waals surface area contributed by atoms with E-state index in [0.717, 1.165) is 0 Å². The quantitative estimate of drug-likeness (QED) is 0.902. The van der Waals surface area contributed by atoms with Gasteiger partial charge < -0.3 is 4.52 Å². The normalized spacial score (nSPS) is 11.4. The third-order valence-corrected chi connectivity index (χ3v) is 3.39. The van der Waals surface area contributed by atoms with Gasteiger partial charge in [0.25, 0.3) is 10.0 Å². The van der Waals surface area contributed by atoms with Crippen LogP contribution in [-0.4, -0.2) is 13.6 Å². The molecule has 5 nitrogen and oxygen atoms in total. The van der Waals surface area contributed by atoms with Crippen molar-refractivity contribution in [2.75, 3.05) is 4.72 Å². The molecule has 1 N–H and O–H groups in total. The van der Waals surface area contributed by atoms with Gasteiger partial charge in [-0.2, -0.15) is 0 Å². The first-order valence-electron chi connectivity index (χ1n) is 4.79. The van der Waals surface area contributed by atoms with Crippen LogP contribution in [-0.2, 0) is 10.0 Å². The van der Waals surface area contributed by atoms with Crippen LogP contribution in [0.2, 0.25) is 0 Å². The average molecular weight is 250 g/mol. The number of benzene rings is 1. The minimum Gasteiger partial charge on any atom is -0.360 e. The van der Waals surface area contributed by atoms with Gasteiger partial charge in [-0.25, -0.2) is 8.42 Å². The molecule has 0 aliphatic carbocycles. The predicted molar refractivity (Wildman–Crippen MR) is 61.9 cm³/mol. The Kier molecular flexibility index (Phi) is 2.89. The Balaban J connectivity index is 2.31. The van der Waals surface area contributed by atoms with Crippen LogP contribution in [0.15, 0.2) is 39.8 Å². The lowest BCUT2D eigenvalue weighted by Crippen LogP contribution is -2.13. The van der Waals surface area contributed by atoms with Crippen molar-refractivity contribution in [3.8, 4) is 0 Å². The van der Waals surface area contributed by atoms with E-state index in [-0.39, 0.29) is 10.7 Å². The zero-order valence-electron chi connectivity index (χ0n) is 9.04. The van der Waals surface area contributed by atoms with Crippen molar-refractivity contribution in [1.29, 1.82) is 0 Å². The second-order valence-electron chi connectivity index (χ2n) is 3.50. The summed E-state index contributed by atoms with van der Waals surface area (Å²) in [5.41, 5.74) is 0.379. The molecule has 0 saturated heterocycles. The number of aryl methyl sites for hydroxylation is 1. The number of sulfonamides is 1. The fourth-order valence-corrected chi connectivity index (χ4v) is 2.33. The highest BCUT2D eigenvalue weighted by Crippen LogP contribution is 2.16. The number of hydrogen-bond donors (Lipinski definition) is 1. The Hall–Kier alpha value is -1.82. The minimum atomic E-state index is -3.67. The Bertz CT molecular complexity index is 632. The van der Waals surface area contributed by atoms with E-state index >= 15 is 0 Å². The molecular formula is C11H10N2O3S. The van der Waals surface area contributed by atoms with Crippen molar-refractivity contribution in [2.45, 2.75) is 11.8 Å². The summed E-state index contributed by atoms with van der Waals surface area (Å²) in [4.78, 5) is 0.0816. The maximum absolute atomic E-state index is 11.9. The van der Waals surface area contributed by atoms with Gasteiger partial charge in [-0.15, -0.1) is 0 Å². The van der Waals surface area contributed by atoms with Crippen LogP contribution in [0.1, 0.15) is 11.3 Å². The lowest BCUT2D eigenvalue weighted by molar-refractivity contribution is 0.400. The molecule has 0 saturated carbocycles. The SMILES string of the molecule is [CH]c1cccc(S(=O)(=O)Nc2cc(C)on2)c1. The van der Waals surface area contributed by atoms with Crippen LogP contribution >= 0.6 is 0 Å². The van der Waals surface area contributed by atoms with E-state index in [1.54, 1.807) is 19.1 Å². The van der Waals surface area contributed by atoms with Crippen molar-refractivity contribution in [1.82, 2.24) is 5.16 Å². The summed E-state index contributed by atoms with van der Waals surface area (Å²) in [6.07, 6.45) is 0. The second-order valence-corrected chi connectivity index (χ2v) is 5.18. The monoisotopic (exact) mass is 250 g/mol. The summed E-state index contributed by atoms with van der Waals surface area (Å²) in [5, 5.41) is 3.55. The number of rotatable bonds is 3. The van der Waals surface area contributed by atoms with Crippen LogP contribution in [0.25, 0.3) is 0 Å². The molecule has 2 aromatic rings. The summed E-state index contributed by atoms with van der Waals surface area (Å²) in [6, 6.07) is 7.49. The van der Waals surface area contributed by atoms with Crippen LogP contribution in [0.4, 0.5) is 5.82 Å².